The second kappa shape index (κ2) is 8.54. The van der Waals surface area contributed by atoms with Gasteiger partial charge in [-0.1, -0.05) is 51.1 Å². The first-order valence-electron chi connectivity index (χ1n) is 10.8. The number of fused-ring (bicyclic) bond motifs is 1. The maximum Gasteiger partial charge on any atom is 0.339 e. The first kappa shape index (κ1) is 21.7. The van der Waals surface area contributed by atoms with Gasteiger partial charge in [-0.25, -0.2) is 9.78 Å². The molecule has 162 valence electrons. The lowest BCUT2D eigenvalue weighted by Gasteiger charge is -2.22. The average molecular weight is 425 g/mol. The lowest BCUT2D eigenvalue weighted by atomic mass is 9.84. The number of nitrogens with zero attached hydrogens (tertiary/aromatic N) is 2. The van der Waals surface area contributed by atoms with Crippen LogP contribution in [0, 0.1) is 13.8 Å². The molecule has 0 fully saturated rings. The maximum atomic E-state index is 13.2. The molecule has 32 heavy (non-hydrogen) atoms. The van der Waals surface area contributed by atoms with Crippen LogP contribution >= 0.6 is 0 Å². The topological polar surface area (TPSA) is 52.1 Å². The zero-order valence-electron chi connectivity index (χ0n) is 19.3. The molecule has 0 spiro atoms. The molecule has 0 atom stereocenters. The number of para-hydroxylation sites is 1. The van der Waals surface area contributed by atoms with E-state index in [1.165, 1.54) is 5.56 Å². The number of carbonyl (C=O) groups is 1. The third kappa shape index (κ3) is 4.40. The molecule has 0 amide bonds. The second-order valence-corrected chi connectivity index (χ2v) is 9.23. The van der Waals surface area contributed by atoms with Crippen LogP contribution < -0.4 is 0 Å². The number of carbonyl (C=O) groups excluding carboxylic acids is 1. The van der Waals surface area contributed by atoms with Crippen molar-refractivity contribution in [3.05, 3.63) is 94.8 Å². The van der Waals surface area contributed by atoms with E-state index in [0.717, 1.165) is 33.2 Å². The summed E-state index contributed by atoms with van der Waals surface area (Å²) in [6.45, 7) is 11.0. The molecule has 0 radical (unpaired) electrons. The van der Waals surface area contributed by atoms with E-state index >= 15 is 0 Å². The molecule has 4 aromatic rings. The third-order valence-electron chi connectivity index (χ3n) is 5.80. The highest BCUT2D eigenvalue weighted by molar-refractivity contribution is 6.04. The SMILES string of the molecule is Cc1cc(C(C)(C)C)cc(C)c1COC(=O)c1cc(-c2cccnc2)nc2ccccc12. The number of ether oxygens (including phenoxy) is 1. The molecule has 0 aliphatic carbocycles. The number of aromatic nitrogens is 2. The Kier molecular flexibility index (Phi) is 5.79. The summed E-state index contributed by atoms with van der Waals surface area (Å²) < 4.78 is 5.82. The molecule has 0 aliphatic heterocycles. The minimum atomic E-state index is -0.354. The average Bonchev–Trinajstić information content (AvgIpc) is 2.77. The normalized spacial score (nSPS) is 11.5. The molecule has 4 nitrogen and oxygen atoms in total. The van der Waals surface area contributed by atoms with Crippen LogP contribution in [0.25, 0.3) is 22.2 Å². The number of hydrogen-bond donors (Lipinski definition) is 0. The molecule has 0 saturated heterocycles. The van der Waals surface area contributed by atoms with Crippen molar-refractivity contribution < 1.29 is 9.53 Å². The predicted octanol–water partition coefficient (Wildman–Crippen LogP) is 6.57. The molecule has 4 heteroatoms. The minimum Gasteiger partial charge on any atom is -0.457 e. The molecule has 2 aromatic heterocycles. The van der Waals surface area contributed by atoms with E-state index in [9.17, 15) is 4.79 Å². The van der Waals surface area contributed by atoms with Crippen LogP contribution in [0.5, 0.6) is 0 Å². The summed E-state index contributed by atoms with van der Waals surface area (Å²) in [6, 6.07) is 17.6. The van der Waals surface area contributed by atoms with Crippen LogP contribution in [0.1, 0.15) is 53.4 Å². The Morgan fingerprint density at radius 3 is 2.34 bits per heavy atom. The summed E-state index contributed by atoms with van der Waals surface area (Å²) in [5.74, 6) is -0.354. The van der Waals surface area contributed by atoms with E-state index in [0.29, 0.717) is 11.3 Å². The molecular formula is C28H28N2O2. The number of rotatable bonds is 4. The molecule has 0 N–H and O–H groups in total. The highest BCUT2D eigenvalue weighted by Gasteiger charge is 2.19. The number of hydrogen-bond acceptors (Lipinski definition) is 4. The maximum absolute atomic E-state index is 13.2. The van der Waals surface area contributed by atoms with Gasteiger partial charge < -0.3 is 4.74 Å². The number of esters is 1. The van der Waals surface area contributed by atoms with Crippen molar-refractivity contribution >= 4 is 16.9 Å². The Labute approximate surface area is 189 Å². The van der Waals surface area contributed by atoms with Crippen LogP contribution in [-0.4, -0.2) is 15.9 Å². The van der Waals surface area contributed by atoms with Gasteiger partial charge >= 0.3 is 5.97 Å². The first-order valence-corrected chi connectivity index (χ1v) is 10.8. The summed E-state index contributed by atoms with van der Waals surface area (Å²) in [5, 5.41) is 0.779. The minimum absolute atomic E-state index is 0.0728. The van der Waals surface area contributed by atoms with Crippen LogP contribution in [0.15, 0.2) is 67.0 Å². The standard InChI is InChI=1S/C28H28N2O2/c1-18-13-21(28(3,4)5)14-19(2)24(18)17-32-27(31)23-15-26(20-9-8-12-29-16-20)30-25-11-7-6-10-22(23)25/h6-16H,17H2,1-5H3. The van der Waals surface area contributed by atoms with Crippen molar-refractivity contribution in [3.8, 4) is 11.3 Å². The van der Waals surface area contributed by atoms with Crippen molar-refractivity contribution in [1.29, 1.82) is 0 Å². The van der Waals surface area contributed by atoms with Crippen LogP contribution in [0.3, 0.4) is 0 Å². The third-order valence-corrected chi connectivity index (χ3v) is 5.80. The Balaban J connectivity index is 1.66. The molecule has 0 bridgehead atoms. The van der Waals surface area contributed by atoms with Crippen molar-refractivity contribution in [1.82, 2.24) is 9.97 Å². The lowest BCUT2D eigenvalue weighted by Crippen LogP contribution is -2.13. The Hall–Kier alpha value is -3.53. The van der Waals surface area contributed by atoms with Gasteiger partial charge in [-0.2, -0.15) is 0 Å². The van der Waals surface area contributed by atoms with Gasteiger partial charge in [-0.15, -0.1) is 0 Å². The summed E-state index contributed by atoms with van der Waals surface area (Å²) in [7, 11) is 0. The Bertz CT molecular complexity index is 1270. The van der Waals surface area contributed by atoms with Crippen molar-refractivity contribution in [2.75, 3.05) is 0 Å². The Morgan fingerprint density at radius 1 is 0.969 bits per heavy atom. The van der Waals surface area contributed by atoms with E-state index in [4.69, 9.17) is 9.72 Å². The van der Waals surface area contributed by atoms with Crippen molar-refractivity contribution in [2.45, 2.75) is 46.6 Å². The van der Waals surface area contributed by atoms with E-state index in [-0.39, 0.29) is 18.0 Å². The number of benzene rings is 2. The quantitative estimate of drug-likeness (QED) is 0.348. The highest BCUT2D eigenvalue weighted by atomic mass is 16.5. The predicted molar refractivity (Wildman–Crippen MR) is 129 cm³/mol. The Morgan fingerprint density at radius 2 is 1.69 bits per heavy atom. The van der Waals surface area contributed by atoms with E-state index in [2.05, 4.69) is 51.7 Å². The number of aryl methyl sites for hydroxylation is 2. The van der Waals surface area contributed by atoms with Crippen molar-refractivity contribution in [2.24, 2.45) is 0 Å². The summed E-state index contributed by atoms with van der Waals surface area (Å²) in [4.78, 5) is 22.1. The fraction of sp³-hybridized carbons (Fsp3) is 0.250. The highest BCUT2D eigenvalue weighted by Crippen LogP contribution is 2.28. The van der Waals surface area contributed by atoms with Gasteiger partial charge in [0.15, 0.2) is 0 Å². The smallest absolute Gasteiger partial charge is 0.339 e. The molecular weight excluding hydrogens is 396 g/mol. The zero-order chi connectivity index (χ0) is 22.9. The molecule has 2 heterocycles. The first-order chi connectivity index (χ1) is 15.2. The zero-order valence-corrected chi connectivity index (χ0v) is 19.3. The summed E-state index contributed by atoms with van der Waals surface area (Å²) >= 11 is 0. The van der Waals surface area contributed by atoms with Crippen LogP contribution in [0.2, 0.25) is 0 Å². The monoisotopic (exact) mass is 424 g/mol. The second-order valence-electron chi connectivity index (χ2n) is 9.23. The van der Waals surface area contributed by atoms with E-state index in [1.54, 1.807) is 18.5 Å². The van der Waals surface area contributed by atoms with Gasteiger partial charge in [0.1, 0.15) is 6.61 Å². The van der Waals surface area contributed by atoms with E-state index in [1.807, 2.05) is 36.4 Å². The molecule has 0 saturated carbocycles. The molecule has 2 aromatic carbocycles. The van der Waals surface area contributed by atoms with Gasteiger partial charge in [0, 0.05) is 23.3 Å². The molecule has 4 rings (SSSR count). The van der Waals surface area contributed by atoms with Crippen LogP contribution in [0.4, 0.5) is 0 Å². The van der Waals surface area contributed by atoms with Crippen LogP contribution in [-0.2, 0) is 16.8 Å². The summed E-state index contributed by atoms with van der Waals surface area (Å²) in [5.41, 5.74) is 7.50. The van der Waals surface area contributed by atoms with E-state index < -0.39 is 0 Å². The van der Waals surface area contributed by atoms with Gasteiger partial charge in [0.25, 0.3) is 0 Å². The van der Waals surface area contributed by atoms with Gasteiger partial charge in [0.2, 0.25) is 0 Å². The van der Waals surface area contributed by atoms with Gasteiger partial charge in [-0.3, -0.25) is 4.98 Å². The van der Waals surface area contributed by atoms with Gasteiger partial charge in [-0.05, 0) is 65.8 Å². The van der Waals surface area contributed by atoms with Gasteiger partial charge in [0.05, 0.1) is 16.8 Å². The molecule has 0 unspecified atom stereocenters. The molecule has 0 aliphatic rings. The van der Waals surface area contributed by atoms with Crippen molar-refractivity contribution in [3.63, 3.8) is 0 Å². The number of pyridine rings is 2. The fourth-order valence-electron chi connectivity index (χ4n) is 3.88. The largest absolute Gasteiger partial charge is 0.457 e. The lowest BCUT2D eigenvalue weighted by molar-refractivity contribution is 0.0474. The fourth-order valence-corrected chi connectivity index (χ4v) is 3.88. The summed E-state index contributed by atoms with van der Waals surface area (Å²) in [6.07, 6.45) is 3.46.